The average Bonchev–Trinajstić information content (AvgIpc) is 2.89. The standard InChI is InChI=1S/C30H20BNO/c1-3-11-21(12-4-1)23-19-20-28-29-30(23)32(22-13-5-2-6-14-22)26-17-9-7-15-24(26)31(29)25-16-8-10-18-27(25)33-28/h1-20H. The van der Waals surface area contributed by atoms with Crippen molar-refractivity contribution in [3.05, 3.63) is 121 Å². The molecule has 0 amide bonds. The molecular weight excluding hydrogens is 401 g/mol. The van der Waals surface area contributed by atoms with Crippen molar-refractivity contribution in [2.75, 3.05) is 4.90 Å². The monoisotopic (exact) mass is 421 g/mol. The third-order valence-electron chi connectivity index (χ3n) is 6.73. The molecule has 0 atom stereocenters. The maximum atomic E-state index is 6.49. The topological polar surface area (TPSA) is 12.5 Å². The summed E-state index contributed by atoms with van der Waals surface area (Å²) in [6.45, 7) is 0.125. The van der Waals surface area contributed by atoms with Crippen molar-refractivity contribution in [2.45, 2.75) is 0 Å². The van der Waals surface area contributed by atoms with E-state index < -0.39 is 0 Å². The quantitative estimate of drug-likeness (QED) is 0.329. The molecule has 5 aromatic rings. The van der Waals surface area contributed by atoms with Crippen LogP contribution in [0.3, 0.4) is 0 Å². The van der Waals surface area contributed by atoms with Crippen molar-refractivity contribution >= 4 is 40.2 Å². The highest BCUT2D eigenvalue weighted by Crippen LogP contribution is 2.45. The molecule has 3 heteroatoms. The van der Waals surface area contributed by atoms with E-state index in [9.17, 15) is 0 Å². The number of fused-ring (bicyclic) bond motifs is 4. The Morgan fingerprint density at radius 3 is 2.03 bits per heavy atom. The average molecular weight is 421 g/mol. The van der Waals surface area contributed by atoms with Crippen LogP contribution in [0, 0.1) is 0 Å². The second-order valence-corrected chi connectivity index (χ2v) is 8.54. The first kappa shape index (κ1) is 18.3. The Balaban J connectivity index is 1.62. The van der Waals surface area contributed by atoms with Gasteiger partial charge in [-0.1, -0.05) is 84.9 Å². The van der Waals surface area contributed by atoms with Gasteiger partial charge in [-0.05, 0) is 58.4 Å². The third kappa shape index (κ3) is 2.69. The van der Waals surface area contributed by atoms with E-state index in [2.05, 4.69) is 120 Å². The lowest BCUT2D eigenvalue weighted by atomic mass is 9.34. The van der Waals surface area contributed by atoms with Crippen LogP contribution in [0.4, 0.5) is 17.1 Å². The Morgan fingerprint density at radius 2 is 1.21 bits per heavy atom. The summed E-state index contributed by atoms with van der Waals surface area (Å²) in [5.74, 6) is 1.88. The normalized spacial score (nSPS) is 13.0. The number of anilines is 3. The Labute approximate surface area is 193 Å². The van der Waals surface area contributed by atoms with E-state index in [0.717, 1.165) is 17.2 Å². The van der Waals surface area contributed by atoms with E-state index >= 15 is 0 Å². The number of ether oxygens (including phenoxy) is 1. The van der Waals surface area contributed by atoms with Gasteiger partial charge in [-0.15, -0.1) is 0 Å². The van der Waals surface area contributed by atoms with Gasteiger partial charge < -0.3 is 9.64 Å². The fourth-order valence-corrected chi connectivity index (χ4v) is 5.36. The minimum absolute atomic E-state index is 0.125. The molecule has 0 spiro atoms. The summed E-state index contributed by atoms with van der Waals surface area (Å²) in [6.07, 6.45) is 0. The first-order valence-corrected chi connectivity index (χ1v) is 11.3. The summed E-state index contributed by atoms with van der Waals surface area (Å²) in [5.41, 5.74) is 9.72. The van der Waals surface area contributed by atoms with Crippen LogP contribution in [0.1, 0.15) is 0 Å². The Bertz CT molecular complexity index is 1500. The van der Waals surface area contributed by atoms with E-state index in [-0.39, 0.29) is 6.71 Å². The Morgan fingerprint density at radius 1 is 0.545 bits per heavy atom. The molecule has 154 valence electrons. The van der Waals surface area contributed by atoms with Gasteiger partial charge in [0.15, 0.2) is 0 Å². The highest BCUT2D eigenvalue weighted by Gasteiger charge is 2.42. The maximum absolute atomic E-state index is 6.49. The number of para-hydroxylation sites is 3. The van der Waals surface area contributed by atoms with Crippen LogP contribution in [-0.4, -0.2) is 6.71 Å². The van der Waals surface area contributed by atoms with Crippen molar-refractivity contribution < 1.29 is 4.74 Å². The molecule has 0 fully saturated rings. The smallest absolute Gasteiger partial charge is 0.256 e. The van der Waals surface area contributed by atoms with Gasteiger partial charge in [-0.2, -0.15) is 0 Å². The molecule has 2 heterocycles. The van der Waals surface area contributed by atoms with E-state index in [4.69, 9.17) is 4.74 Å². The minimum Gasteiger partial charge on any atom is -0.458 e. The zero-order valence-corrected chi connectivity index (χ0v) is 18.0. The number of hydrogen-bond donors (Lipinski definition) is 0. The van der Waals surface area contributed by atoms with Crippen molar-refractivity contribution in [2.24, 2.45) is 0 Å². The first-order valence-electron chi connectivity index (χ1n) is 11.3. The Hall–Kier alpha value is -4.24. The van der Waals surface area contributed by atoms with Crippen LogP contribution in [0.2, 0.25) is 0 Å². The maximum Gasteiger partial charge on any atom is 0.256 e. The molecule has 0 N–H and O–H groups in total. The lowest BCUT2D eigenvalue weighted by molar-refractivity contribution is 0.487. The van der Waals surface area contributed by atoms with Gasteiger partial charge in [0.05, 0.1) is 5.69 Å². The van der Waals surface area contributed by atoms with Gasteiger partial charge in [0.2, 0.25) is 0 Å². The summed E-state index contributed by atoms with van der Waals surface area (Å²) >= 11 is 0. The first-order chi connectivity index (χ1) is 16.4. The van der Waals surface area contributed by atoms with Gasteiger partial charge in [-0.3, -0.25) is 0 Å². The van der Waals surface area contributed by atoms with E-state index in [1.165, 1.54) is 38.9 Å². The van der Waals surface area contributed by atoms with Gasteiger partial charge in [0.25, 0.3) is 6.71 Å². The predicted octanol–water partition coefficient (Wildman–Crippen LogP) is 5.76. The largest absolute Gasteiger partial charge is 0.458 e. The van der Waals surface area contributed by atoms with Crippen LogP contribution in [0.5, 0.6) is 11.5 Å². The van der Waals surface area contributed by atoms with Crippen molar-refractivity contribution in [3.8, 4) is 22.6 Å². The summed E-state index contributed by atoms with van der Waals surface area (Å²) in [6, 6.07) is 42.9. The van der Waals surface area contributed by atoms with E-state index in [1.807, 2.05) is 6.07 Å². The summed E-state index contributed by atoms with van der Waals surface area (Å²) in [4.78, 5) is 2.41. The fourth-order valence-electron chi connectivity index (χ4n) is 5.36. The van der Waals surface area contributed by atoms with Crippen LogP contribution in [0.25, 0.3) is 11.1 Å². The zero-order chi connectivity index (χ0) is 21.8. The molecule has 0 aliphatic carbocycles. The highest BCUT2D eigenvalue weighted by molar-refractivity contribution is 6.99. The summed E-state index contributed by atoms with van der Waals surface area (Å²) < 4.78 is 6.49. The van der Waals surface area contributed by atoms with E-state index in [0.29, 0.717) is 0 Å². The molecule has 2 aliphatic heterocycles. The number of rotatable bonds is 2. The van der Waals surface area contributed by atoms with Crippen molar-refractivity contribution in [1.29, 1.82) is 0 Å². The van der Waals surface area contributed by atoms with Gasteiger partial charge in [0, 0.05) is 16.9 Å². The zero-order valence-electron chi connectivity index (χ0n) is 18.0. The number of nitrogens with zero attached hydrogens (tertiary/aromatic N) is 1. The molecule has 0 bridgehead atoms. The molecule has 5 aromatic carbocycles. The van der Waals surface area contributed by atoms with Crippen LogP contribution in [-0.2, 0) is 0 Å². The molecule has 0 saturated carbocycles. The highest BCUT2D eigenvalue weighted by atomic mass is 16.5. The van der Waals surface area contributed by atoms with Gasteiger partial charge >= 0.3 is 0 Å². The molecular formula is C30H20BNO. The molecule has 2 nitrogen and oxygen atoms in total. The molecule has 0 saturated heterocycles. The van der Waals surface area contributed by atoms with Crippen LogP contribution >= 0.6 is 0 Å². The second kappa shape index (κ2) is 7.14. The summed E-state index contributed by atoms with van der Waals surface area (Å²) in [5, 5.41) is 0. The van der Waals surface area contributed by atoms with Crippen LogP contribution < -0.4 is 26.0 Å². The van der Waals surface area contributed by atoms with Crippen molar-refractivity contribution in [3.63, 3.8) is 0 Å². The van der Waals surface area contributed by atoms with Gasteiger partial charge in [0.1, 0.15) is 11.5 Å². The second-order valence-electron chi connectivity index (χ2n) is 8.54. The molecule has 0 unspecified atom stereocenters. The SMILES string of the molecule is c1ccc(-c2ccc3c4c2N(c2ccccc2)c2ccccc2B4c2ccccc2O3)cc1. The fraction of sp³-hybridized carbons (Fsp3) is 0. The lowest BCUT2D eigenvalue weighted by Crippen LogP contribution is -2.59. The van der Waals surface area contributed by atoms with E-state index in [1.54, 1.807) is 0 Å². The predicted molar refractivity (Wildman–Crippen MR) is 138 cm³/mol. The van der Waals surface area contributed by atoms with Crippen LogP contribution in [0.15, 0.2) is 121 Å². The number of benzene rings is 5. The minimum atomic E-state index is 0.125. The number of hydrogen-bond acceptors (Lipinski definition) is 2. The van der Waals surface area contributed by atoms with Crippen molar-refractivity contribution in [1.82, 2.24) is 0 Å². The third-order valence-corrected chi connectivity index (χ3v) is 6.73. The van der Waals surface area contributed by atoms with Gasteiger partial charge in [-0.25, -0.2) is 0 Å². The molecule has 0 aromatic heterocycles. The lowest BCUT2D eigenvalue weighted by Gasteiger charge is -2.41. The molecule has 7 rings (SSSR count). The molecule has 2 aliphatic rings. The Kier molecular flexibility index (Phi) is 3.97. The summed E-state index contributed by atoms with van der Waals surface area (Å²) in [7, 11) is 0. The molecule has 33 heavy (non-hydrogen) atoms. The molecule has 0 radical (unpaired) electrons.